The lowest BCUT2D eigenvalue weighted by atomic mass is 10.1. The molecule has 0 aliphatic carbocycles. The second kappa shape index (κ2) is 7.32. The molecule has 0 aliphatic heterocycles. The first-order chi connectivity index (χ1) is 11.6. The highest BCUT2D eigenvalue weighted by molar-refractivity contribution is 7.13. The fourth-order valence-electron chi connectivity index (χ4n) is 2.49. The van der Waals surface area contributed by atoms with Gasteiger partial charge in [0.05, 0.1) is 11.4 Å². The van der Waals surface area contributed by atoms with Crippen molar-refractivity contribution in [3.05, 3.63) is 71.1 Å². The topological polar surface area (TPSA) is 55.1 Å². The third kappa shape index (κ3) is 4.03. The smallest absolute Gasteiger partial charge is 0.224 e. The second-order valence-corrected chi connectivity index (χ2v) is 6.76. The molecule has 0 radical (unpaired) electrons. The number of aryl methyl sites for hydroxylation is 2. The summed E-state index contributed by atoms with van der Waals surface area (Å²) >= 11 is 1.66. The van der Waals surface area contributed by atoms with Gasteiger partial charge in [0.2, 0.25) is 5.91 Å². The first-order valence-corrected chi connectivity index (χ1v) is 8.78. The van der Waals surface area contributed by atoms with E-state index >= 15 is 0 Å². The fourth-order valence-corrected chi connectivity index (χ4v) is 3.21. The lowest BCUT2D eigenvalue weighted by Gasteiger charge is -2.10. The molecule has 1 amide bonds. The molecule has 0 atom stereocenters. The summed E-state index contributed by atoms with van der Waals surface area (Å²) in [7, 11) is 0. The van der Waals surface area contributed by atoms with Crippen molar-refractivity contribution >= 4 is 28.6 Å². The molecular formula is C20H20N2OS. The number of carbonyl (C=O) groups is 1. The van der Waals surface area contributed by atoms with Crippen LogP contribution in [0, 0.1) is 6.92 Å². The summed E-state index contributed by atoms with van der Waals surface area (Å²) in [5.41, 5.74) is 10.7. The minimum Gasteiger partial charge on any atom is -0.397 e. The highest BCUT2D eigenvalue weighted by Gasteiger charge is 2.08. The summed E-state index contributed by atoms with van der Waals surface area (Å²) in [6, 6.07) is 18.1. The summed E-state index contributed by atoms with van der Waals surface area (Å²) in [5.74, 6) is -0.0226. The van der Waals surface area contributed by atoms with Gasteiger partial charge in [-0.25, -0.2) is 0 Å². The van der Waals surface area contributed by atoms with Crippen molar-refractivity contribution in [3.8, 4) is 10.4 Å². The summed E-state index contributed by atoms with van der Waals surface area (Å²) < 4.78 is 0. The molecule has 0 bridgehead atoms. The molecule has 4 heteroatoms. The number of anilines is 2. The maximum absolute atomic E-state index is 12.2. The Morgan fingerprint density at radius 3 is 2.62 bits per heavy atom. The van der Waals surface area contributed by atoms with E-state index in [-0.39, 0.29) is 5.91 Å². The van der Waals surface area contributed by atoms with Gasteiger partial charge in [0.25, 0.3) is 0 Å². The largest absolute Gasteiger partial charge is 0.397 e. The van der Waals surface area contributed by atoms with Gasteiger partial charge in [0, 0.05) is 11.3 Å². The van der Waals surface area contributed by atoms with Crippen LogP contribution in [0.4, 0.5) is 11.4 Å². The average molecular weight is 336 g/mol. The van der Waals surface area contributed by atoms with Crippen molar-refractivity contribution in [2.24, 2.45) is 0 Å². The molecule has 3 rings (SSSR count). The Morgan fingerprint density at radius 2 is 1.92 bits per heavy atom. The number of nitrogens with one attached hydrogen (secondary N) is 1. The maximum atomic E-state index is 12.2. The predicted molar refractivity (Wildman–Crippen MR) is 102 cm³/mol. The van der Waals surface area contributed by atoms with Gasteiger partial charge < -0.3 is 11.1 Å². The summed E-state index contributed by atoms with van der Waals surface area (Å²) in [6.45, 7) is 2.06. The van der Waals surface area contributed by atoms with Crippen LogP contribution in [-0.2, 0) is 11.2 Å². The first kappa shape index (κ1) is 16.3. The third-order valence-electron chi connectivity index (χ3n) is 3.89. The molecule has 2 aromatic carbocycles. The van der Waals surface area contributed by atoms with Crippen LogP contribution in [0.25, 0.3) is 10.4 Å². The van der Waals surface area contributed by atoms with Gasteiger partial charge in [-0.15, -0.1) is 11.3 Å². The highest BCUT2D eigenvalue weighted by atomic mass is 32.1. The molecule has 1 aromatic heterocycles. The molecule has 1 heterocycles. The number of hydrogen-bond acceptors (Lipinski definition) is 3. The summed E-state index contributed by atoms with van der Waals surface area (Å²) in [5, 5.41) is 4.97. The number of carbonyl (C=O) groups excluding carboxylic acids is 1. The van der Waals surface area contributed by atoms with E-state index in [4.69, 9.17) is 5.73 Å². The Morgan fingerprint density at radius 1 is 1.12 bits per heavy atom. The zero-order valence-electron chi connectivity index (χ0n) is 13.6. The van der Waals surface area contributed by atoms with E-state index in [1.54, 1.807) is 11.3 Å². The van der Waals surface area contributed by atoms with Gasteiger partial charge in [0.1, 0.15) is 0 Å². The van der Waals surface area contributed by atoms with E-state index in [0.717, 1.165) is 22.4 Å². The highest BCUT2D eigenvalue weighted by Crippen LogP contribution is 2.30. The zero-order chi connectivity index (χ0) is 16.9. The summed E-state index contributed by atoms with van der Waals surface area (Å²) in [4.78, 5) is 13.4. The Hall–Kier alpha value is -2.59. The molecule has 0 fully saturated rings. The summed E-state index contributed by atoms with van der Waals surface area (Å²) in [6.07, 6.45) is 1.16. The molecule has 3 N–H and O–H groups in total. The molecule has 0 saturated heterocycles. The monoisotopic (exact) mass is 336 g/mol. The van der Waals surface area contributed by atoms with Gasteiger partial charge >= 0.3 is 0 Å². The van der Waals surface area contributed by atoms with Gasteiger partial charge in [-0.1, -0.05) is 42.0 Å². The molecule has 0 aliphatic rings. The quantitative estimate of drug-likeness (QED) is 0.653. The lowest BCUT2D eigenvalue weighted by molar-refractivity contribution is -0.116. The minimum atomic E-state index is -0.0226. The van der Waals surface area contributed by atoms with Crippen LogP contribution in [0.5, 0.6) is 0 Å². The molecular weight excluding hydrogens is 316 g/mol. The number of benzene rings is 2. The van der Waals surface area contributed by atoms with Crippen LogP contribution in [0.2, 0.25) is 0 Å². The Kier molecular flexibility index (Phi) is 4.96. The van der Waals surface area contributed by atoms with E-state index in [2.05, 4.69) is 42.6 Å². The van der Waals surface area contributed by atoms with Crippen LogP contribution in [0.15, 0.2) is 60.0 Å². The third-order valence-corrected chi connectivity index (χ3v) is 4.81. The van der Waals surface area contributed by atoms with Gasteiger partial charge in [-0.2, -0.15) is 0 Å². The van der Waals surface area contributed by atoms with Crippen molar-refractivity contribution in [1.82, 2.24) is 0 Å². The number of thiophene rings is 1. The van der Waals surface area contributed by atoms with Crippen LogP contribution in [-0.4, -0.2) is 5.91 Å². The predicted octanol–water partition coefficient (Wildman–Crippen LogP) is 4.88. The van der Waals surface area contributed by atoms with Gasteiger partial charge in [0.15, 0.2) is 0 Å². The Balaban J connectivity index is 1.65. The van der Waals surface area contributed by atoms with Gasteiger partial charge in [-0.05, 0) is 48.1 Å². The molecule has 122 valence electrons. The average Bonchev–Trinajstić information content (AvgIpc) is 3.11. The van der Waals surface area contributed by atoms with Crippen LogP contribution in [0.1, 0.15) is 17.5 Å². The molecule has 0 unspecified atom stereocenters. The molecule has 24 heavy (non-hydrogen) atoms. The number of nitrogen functional groups attached to an aromatic ring is 1. The Labute approximate surface area is 146 Å². The van der Waals surface area contributed by atoms with E-state index < -0.39 is 0 Å². The van der Waals surface area contributed by atoms with Crippen molar-refractivity contribution in [2.75, 3.05) is 11.1 Å². The zero-order valence-corrected chi connectivity index (χ0v) is 14.4. The van der Waals surface area contributed by atoms with Crippen LogP contribution >= 0.6 is 11.3 Å². The minimum absolute atomic E-state index is 0.0226. The van der Waals surface area contributed by atoms with Crippen LogP contribution in [0.3, 0.4) is 0 Å². The maximum Gasteiger partial charge on any atom is 0.224 e. The number of amides is 1. The lowest BCUT2D eigenvalue weighted by Crippen LogP contribution is -2.13. The molecule has 3 aromatic rings. The van der Waals surface area contributed by atoms with Crippen molar-refractivity contribution in [1.29, 1.82) is 0 Å². The number of hydrogen-bond donors (Lipinski definition) is 2. The number of nitrogens with two attached hydrogens (primary N) is 1. The molecule has 0 spiro atoms. The SMILES string of the molecule is Cc1ccc(CCC(=O)Nc2cc(-c3cccs3)ccc2N)cc1. The van der Waals surface area contributed by atoms with Crippen molar-refractivity contribution in [2.45, 2.75) is 19.8 Å². The van der Waals surface area contributed by atoms with E-state index in [9.17, 15) is 4.79 Å². The van der Waals surface area contributed by atoms with Gasteiger partial charge in [-0.3, -0.25) is 4.79 Å². The van der Waals surface area contributed by atoms with Crippen molar-refractivity contribution < 1.29 is 4.79 Å². The molecule has 3 nitrogen and oxygen atoms in total. The van der Waals surface area contributed by atoms with Crippen molar-refractivity contribution in [3.63, 3.8) is 0 Å². The molecule has 0 saturated carbocycles. The first-order valence-electron chi connectivity index (χ1n) is 7.90. The normalized spacial score (nSPS) is 10.5. The van der Waals surface area contributed by atoms with E-state index in [0.29, 0.717) is 17.8 Å². The van der Waals surface area contributed by atoms with E-state index in [1.165, 1.54) is 5.56 Å². The Bertz CT molecular complexity index is 823. The number of rotatable bonds is 5. The second-order valence-electron chi connectivity index (χ2n) is 5.81. The fraction of sp³-hybridized carbons (Fsp3) is 0.150. The standard InChI is InChI=1S/C20H20N2OS/c1-14-4-6-15(7-5-14)8-11-20(23)22-18-13-16(9-10-17(18)21)19-3-2-12-24-19/h2-7,9-10,12-13H,8,11,21H2,1H3,(H,22,23). The van der Waals surface area contributed by atoms with E-state index in [1.807, 2.05) is 29.6 Å². The van der Waals surface area contributed by atoms with Crippen LogP contribution < -0.4 is 11.1 Å².